The third-order valence-corrected chi connectivity index (χ3v) is 4.53. The molecular weight excluding hydrogens is 214 g/mol. The van der Waals surface area contributed by atoms with Gasteiger partial charge in [-0.25, -0.2) is 4.98 Å². The summed E-state index contributed by atoms with van der Waals surface area (Å²) in [6.07, 6.45) is 3.78. The number of hydrogen-bond acceptors (Lipinski definition) is 4. The molecule has 1 fully saturated rings. The van der Waals surface area contributed by atoms with Crippen molar-refractivity contribution in [3.63, 3.8) is 0 Å². The van der Waals surface area contributed by atoms with E-state index in [0.29, 0.717) is 0 Å². The minimum atomic E-state index is 0.0804. The van der Waals surface area contributed by atoms with Crippen molar-refractivity contribution in [3.8, 4) is 0 Å². The van der Waals surface area contributed by atoms with Gasteiger partial charge < -0.3 is 5.11 Å². The number of thioether (sulfide) groups is 1. The topological polar surface area (TPSA) is 33.1 Å². The van der Waals surface area contributed by atoms with Crippen molar-refractivity contribution in [2.45, 2.75) is 25.9 Å². The fraction of sp³-hybridized carbons (Fsp3) is 0.700. The molecule has 2 rings (SSSR count). The molecule has 0 bridgehead atoms. The van der Waals surface area contributed by atoms with E-state index in [-0.39, 0.29) is 6.61 Å². The van der Waals surface area contributed by atoms with Crippen LogP contribution < -0.4 is 0 Å². The van der Waals surface area contributed by atoms with Gasteiger partial charge in [0.25, 0.3) is 0 Å². The Hall–Kier alpha value is -0.0600. The van der Waals surface area contributed by atoms with E-state index < -0.39 is 0 Å². The number of aliphatic hydroxyl groups excluding tert-OH is 1. The summed E-state index contributed by atoms with van der Waals surface area (Å²) < 4.78 is 0. The first-order valence-corrected chi connectivity index (χ1v) is 7.04. The predicted molar refractivity (Wildman–Crippen MR) is 61.8 cm³/mol. The van der Waals surface area contributed by atoms with Gasteiger partial charge in [-0.2, -0.15) is 11.8 Å². The second kappa shape index (κ2) is 5.14. The van der Waals surface area contributed by atoms with Gasteiger partial charge in [-0.3, -0.25) is 0 Å². The Bertz CT molecular complexity index is 281. The molecule has 78 valence electrons. The standard InChI is InChI=1S/C10H15NOS2/c12-6-9-7-14-10(11-9)5-8-1-3-13-4-2-8/h7-8,12H,1-6H2. The van der Waals surface area contributed by atoms with Crippen LogP contribution in [0.3, 0.4) is 0 Å². The Morgan fingerprint density at radius 3 is 2.86 bits per heavy atom. The van der Waals surface area contributed by atoms with Gasteiger partial charge in [0.1, 0.15) is 0 Å². The van der Waals surface area contributed by atoms with Crippen LogP contribution in [0.2, 0.25) is 0 Å². The first kappa shape index (κ1) is 10.5. The van der Waals surface area contributed by atoms with Crippen molar-refractivity contribution in [2.24, 2.45) is 5.92 Å². The van der Waals surface area contributed by atoms with E-state index in [1.54, 1.807) is 11.3 Å². The van der Waals surface area contributed by atoms with Gasteiger partial charge in [0.05, 0.1) is 17.3 Å². The summed E-state index contributed by atoms with van der Waals surface area (Å²) >= 11 is 3.75. The second-order valence-electron chi connectivity index (χ2n) is 3.65. The SMILES string of the molecule is OCc1csc(CC2CCSCC2)n1. The van der Waals surface area contributed by atoms with Crippen molar-refractivity contribution in [1.82, 2.24) is 4.98 Å². The fourth-order valence-corrected chi connectivity index (χ4v) is 3.82. The molecule has 1 aromatic heterocycles. The number of hydrogen-bond donors (Lipinski definition) is 1. The zero-order valence-electron chi connectivity index (χ0n) is 8.11. The van der Waals surface area contributed by atoms with Crippen LogP contribution in [0.4, 0.5) is 0 Å². The molecule has 1 saturated heterocycles. The van der Waals surface area contributed by atoms with Crippen molar-refractivity contribution in [1.29, 1.82) is 0 Å². The average Bonchev–Trinajstić information content (AvgIpc) is 2.67. The van der Waals surface area contributed by atoms with Gasteiger partial charge in [-0.05, 0) is 30.3 Å². The van der Waals surface area contributed by atoms with Crippen LogP contribution in [0, 0.1) is 5.92 Å². The van der Waals surface area contributed by atoms with E-state index in [4.69, 9.17) is 5.11 Å². The van der Waals surface area contributed by atoms with E-state index in [9.17, 15) is 0 Å². The Kier molecular flexibility index (Phi) is 3.84. The maximum Gasteiger partial charge on any atom is 0.0932 e. The summed E-state index contributed by atoms with van der Waals surface area (Å²) in [4.78, 5) is 4.38. The van der Waals surface area contributed by atoms with Crippen LogP contribution in [0.25, 0.3) is 0 Å². The fourth-order valence-electron chi connectivity index (χ4n) is 1.71. The summed E-state index contributed by atoms with van der Waals surface area (Å²) in [7, 11) is 0. The summed E-state index contributed by atoms with van der Waals surface area (Å²) in [5, 5.41) is 12.1. The van der Waals surface area contributed by atoms with Crippen LogP contribution in [-0.4, -0.2) is 21.6 Å². The quantitative estimate of drug-likeness (QED) is 0.863. The molecule has 1 aromatic rings. The van der Waals surface area contributed by atoms with Gasteiger partial charge in [0.2, 0.25) is 0 Å². The van der Waals surface area contributed by atoms with Crippen molar-refractivity contribution in [3.05, 3.63) is 16.1 Å². The highest BCUT2D eigenvalue weighted by molar-refractivity contribution is 7.99. The zero-order chi connectivity index (χ0) is 9.80. The summed E-state index contributed by atoms with van der Waals surface area (Å²) in [6, 6.07) is 0. The lowest BCUT2D eigenvalue weighted by Crippen LogP contribution is -2.12. The van der Waals surface area contributed by atoms with Crippen LogP contribution in [0.5, 0.6) is 0 Å². The zero-order valence-corrected chi connectivity index (χ0v) is 9.74. The van der Waals surface area contributed by atoms with Crippen molar-refractivity contribution in [2.75, 3.05) is 11.5 Å². The first-order chi connectivity index (χ1) is 6.88. The Labute approximate surface area is 92.8 Å². The number of aliphatic hydroxyl groups is 1. The van der Waals surface area contributed by atoms with Gasteiger partial charge in [0, 0.05) is 11.8 Å². The van der Waals surface area contributed by atoms with Crippen LogP contribution in [-0.2, 0) is 13.0 Å². The predicted octanol–water partition coefficient (Wildman–Crippen LogP) is 2.32. The Morgan fingerprint density at radius 1 is 1.43 bits per heavy atom. The monoisotopic (exact) mass is 229 g/mol. The Morgan fingerprint density at radius 2 is 2.21 bits per heavy atom. The van der Waals surface area contributed by atoms with E-state index in [0.717, 1.165) is 18.0 Å². The van der Waals surface area contributed by atoms with Gasteiger partial charge in [-0.15, -0.1) is 11.3 Å². The minimum absolute atomic E-state index is 0.0804. The normalized spacial score (nSPS) is 18.6. The Balaban J connectivity index is 1.89. The molecule has 0 amide bonds. The molecule has 0 unspecified atom stereocenters. The lowest BCUT2D eigenvalue weighted by Gasteiger charge is -2.19. The molecule has 2 heterocycles. The van der Waals surface area contributed by atoms with E-state index in [1.807, 2.05) is 5.38 Å². The first-order valence-electron chi connectivity index (χ1n) is 5.00. The van der Waals surface area contributed by atoms with Crippen molar-refractivity contribution < 1.29 is 5.11 Å². The van der Waals surface area contributed by atoms with E-state index in [2.05, 4.69) is 16.7 Å². The van der Waals surface area contributed by atoms with Crippen LogP contribution >= 0.6 is 23.1 Å². The number of thiazole rings is 1. The molecule has 14 heavy (non-hydrogen) atoms. The number of nitrogens with zero attached hydrogens (tertiary/aromatic N) is 1. The van der Waals surface area contributed by atoms with Crippen LogP contribution in [0.1, 0.15) is 23.5 Å². The third-order valence-electron chi connectivity index (χ3n) is 2.57. The smallest absolute Gasteiger partial charge is 0.0932 e. The third kappa shape index (κ3) is 2.72. The number of rotatable bonds is 3. The maximum atomic E-state index is 8.90. The molecule has 4 heteroatoms. The highest BCUT2D eigenvalue weighted by atomic mass is 32.2. The lowest BCUT2D eigenvalue weighted by atomic mass is 9.99. The molecule has 2 nitrogen and oxygen atoms in total. The lowest BCUT2D eigenvalue weighted by molar-refractivity contribution is 0.277. The van der Waals surface area contributed by atoms with Gasteiger partial charge in [-0.1, -0.05) is 0 Å². The average molecular weight is 229 g/mol. The second-order valence-corrected chi connectivity index (χ2v) is 5.82. The molecule has 0 aliphatic carbocycles. The highest BCUT2D eigenvalue weighted by Gasteiger charge is 2.15. The molecule has 0 radical (unpaired) electrons. The van der Waals surface area contributed by atoms with E-state index >= 15 is 0 Å². The number of aromatic nitrogens is 1. The van der Waals surface area contributed by atoms with Gasteiger partial charge >= 0.3 is 0 Å². The van der Waals surface area contributed by atoms with Crippen molar-refractivity contribution >= 4 is 23.1 Å². The minimum Gasteiger partial charge on any atom is -0.390 e. The van der Waals surface area contributed by atoms with E-state index in [1.165, 1.54) is 29.4 Å². The summed E-state index contributed by atoms with van der Waals surface area (Å²) in [6.45, 7) is 0.0804. The molecule has 1 aliphatic heterocycles. The molecule has 0 saturated carbocycles. The van der Waals surface area contributed by atoms with Gasteiger partial charge in [0.15, 0.2) is 0 Å². The molecule has 0 aromatic carbocycles. The summed E-state index contributed by atoms with van der Waals surface area (Å²) in [5.74, 6) is 3.44. The molecule has 1 N–H and O–H groups in total. The molecule has 0 atom stereocenters. The largest absolute Gasteiger partial charge is 0.390 e. The summed E-state index contributed by atoms with van der Waals surface area (Å²) in [5.41, 5.74) is 0.829. The maximum absolute atomic E-state index is 8.90. The highest BCUT2D eigenvalue weighted by Crippen LogP contribution is 2.26. The molecular formula is C10H15NOS2. The van der Waals surface area contributed by atoms with Crippen LogP contribution in [0.15, 0.2) is 5.38 Å². The molecule has 1 aliphatic rings. The molecule has 0 spiro atoms.